The monoisotopic (exact) mass is 267 g/mol. The van der Waals surface area contributed by atoms with Crippen LogP contribution in [0.25, 0.3) is 0 Å². The Bertz CT molecular complexity index is 384. The fourth-order valence-electron chi connectivity index (χ4n) is 2.83. The Kier molecular flexibility index (Phi) is 4.82. The lowest BCUT2D eigenvalue weighted by molar-refractivity contribution is 0.0576. The maximum Gasteiger partial charge on any atom is 0.161 e. The minimum absolute atomic E-state index is 0.139. The highest BCUT2D eigenvalue weighted by molar-refractivity contribution is 5.29. The summed E-state index contributed by atoms with van der Waals surface area (Å²) >= 11 is 0. The van der Waals surface area contributed by atoms with Crippen LogP contribution < -0.4 is 10.1 Å². The van der Waals surface area contributed by atoms with E-state index in [9.17, 15) is 0 Å². The minimum Gasteiger partial charge on any atom is -0.493 e. The highest BCUT2D eigenvalue weighted by atomic mass is 16.5. The van der Waals surface area contributed by atoms with Crippen molar-refractivity contribution in [2.24, 2.45) is 5.92 Å². The molecule has 0 spiro atoms. The summed E-state index contributed by atoms with van der Waals surface area (Å²) in [7, 11) is 1.70. The molecule has 0 saturated carbocycles. The van der Waals surface area contributed by atoms with Gasteiger partial charge in [0.25, 0.3) is 0 Å². The summed E-state index contributed by atoms with van der Waals surface area (Å²) < 4.78 is 13.4. The van der Waals surface area contributed by atoms with Crippen LogP contribution in [0, 0.1) is 5.92 Å². The van der Waals surface area contributed by atoms with E-state index in [1.807, 2.05) is 4.68 Å². The molecule has 5 heteroatoms. The molecular weight excluding hydrogens is 242 g/mol. The van der Waals surface area contributed by atoms with Gasteiger partial charge in [-0.25, -0.2) is 0 Å². The van der Waals surface area contributed by atoms with E-state index in [0.29, 0.717) is 5.92 Å². The van der Waals surface area contributed by atoms with Gasteiger partial charge in [0.15, 0.2) is 5.75 Å². The normalized spacial score (nSPS) is 24.6. The average molecular weight is 267 g/mol. The Morgan fingerprint density at radius 2 is 2.37 bits per heavy atom. The van der Waals surface area contributed by atoms with Crippen LogP contribution in [0.5, 0.6) is 5.75 Å². The molecule has 1 N–H and O–H groups in total. The molecule has 0 amide bonds. The molecule has 2 heterocycles. The summed E-state index contributed by atoms with van der Waals surface area (Å²) in [6, 6.07) is 0.139. The number of nitrogens with zero attached hydrogens (tertiary/aromatic N) is 2. The van der Waals surface area contributed by atoms with E-state index < -0.39 is 0 Å². The second kappa shape index (κ2) is 6.39. The van der Waals surface area contributed by atoms with Gasteiger partial charge in [0, 0.05) is 13.2 Å². The molecule has 1 fully saturated rings. The topological polar surface area (TPSA) is 48.3 Å². The van der Waals surface area contributed by atoms with Gasteiger partial charge in [-0.3, -0.25) is 4.68 Å². The molecule has 1 aromatic rings. The molecule has 3 unspecified atom stereocenters. The smallest absolute Gasteiger partial charge is 0.161 e. The number of aromatic nitrogens is 2. The van der Waals surface area contributed by atoms with Gasteiger partial charge in [0.2, 0.25) is 0 Å². The summed E-state index contributed by atoms with van der Waals surface area (Å²) in [6.07, 6.45) is 3.11. The zero-order chi connectivity index (χ0) is 13.8. The van der Waals surface area contributed by atoms with Crippen molar-refractivity contribution in [2.45, 2.75) is 45.9 Å². The first-order valence-corrected chi connectivity index (χ1v) is 7.17. The molecular formula is C14H25N3O2. The van der Waals surface area contributed by atoms with Crippen molar-refractivity contribution in [3.05, 3.63) is 11.9 Å². The molecule has 3 atom stereocenters. The fraction of sp³-hybridized carbons (Fsp3) is 0.786. The lowest BCUT2D eigenvalue weighted by atomic mass is 9.95. The Morgan fingerprint density at radius 1 is 1.58 bits per heavy atom. The Labute approximate surface area is 115 Å². The molecule has 1 aliphatic heterocycles. The summed E-state index contributed by atoms with van der Waals surface area (Å²) in [6.45, 7) is 9.04. The number of nitrogens with one attached hydrogen (secondary N) is 1. The summed E-state index contributed by atoms with van der Waals surface area (Å²) in [5, 5.41) is 7.94. The molecule has 0 radical (unpaired) electrons. The first-order chi connectivity index (χ1) is 9.22. The highest BCUT2D eigenvalue weighted by Crippen LogP contribution is 2.35. The predicted octanol–water partition coefficient (Wildman–Crippen LogP) is 1.99. The minimum atomic E-state index is 0.139. The largest absolute Gasteiger partial charge is 0.493 e. The predicted molar refractivity (Wildman–Crippen MR) is 74.4 cm³/mol. The molecule has 1 aromatic heterocycles. The zero-order valence-corrected chi connectivity index (χ0v) is 12.3. The van der Waals surface area contributed by atoms with Crippen LogP contribution in [-0.2, 0) is 11.3 Å². The van der Waals surface area contributed by atoms with E-state index in [0.717, 1.165) is 37.6 Å². The number of aryl methyl sites for hydroxylation is 1. The third-order valence-electron chi connectivity index (χ3n) is 3.86. The van der Waals surface area contributed by atoms with E-state index in [1.54, 1.807) is 13.3 Å². The van der Waals surface area contributed by atoms with E-state index >= 15 is 0 Å². The van der Waals surface area contributed by atoms with Gasteiger partial charge in [-0.05, 0) is 25.8 Å². The lowest BCUT2D eigenvalue weighted by Crippen LogP contribution is -2.36. The van der Waals surface area contributed by atoms with Crippen molar-refractivity contribution in [3.63, 3.8) is 0 Å². The van der Waals surface area contributed by atoms with E-state index in [2.05, 4.69) is 31.2 Å². The van der Waals surface area contributed by atoms with Gasteiger partial charge in [-0.2, -0.15) is 5.10 Å². The fourth-order valence-corrected chi connectivity index (χ4v) is 2.83. The number of likely N-dealkylation sites (N-methyl/N-ethyl adjacent to an activating group) is 1. The number of hydrogen-bond acceptors (Lipinski definition) is 4. The van der Waals surface area contributed by atoms with Crippen molar-refractivity contribution in [3.8, 4) is 5.75 Å². The van der Waals surface area contributed by atoms with Crippen LogP contribution in [0.3, 0.4) is 0 Å². The van der Waals surface area contributed by atoms with Gasteiger partial charge >= 0.3 is 0 Å². The third kappa shape index (κ3) is 2.77. The first-order valence-electron chi connectivity index (χ1n) is 7.17. The molecule has 19 heavy (non-hydrogen) atoms. The van der Waals surface area contributed by atoms with Crippen LogP contribution in [0.2, 0.25) is 0 Å². The van der Waals surface area contributed by atoms with Crippen LogP contribution in [-0.4, -0.2) is 36.1 Å². The average Bonchev–Trinajstić information content (AvgIpc) is 3.01. The van der Waals surface area contributed by atoms with Crippen LogP contribution in [0.1, 0.15) is 38.9 Å². The SMILES string of the molecule is CCNC(c1c(OC)cnn1CC)C1OCCC1C. The first kappa shape index (κ1) is 14.3. The number of rotatable bonds is 6. The second-order valence-electron chi connectivity index (χ2n) is 5.05. The molecule has 5 nitrogen and oxygen atoms in total. The second-order valence-corrected chi connectivity index (χ2v) is 5.05. The van der Waals surface area contributed by atoms with Gasteiger partial charge < -0.3 is 14.8 Å². The van der Waals surface area contributed by atoms with Crippen molar-refractivity contribution < 1.29 is 9.47 Å². The molecule has 1 aliphatic rings. The van der Waals surface area contributed by atoms with Crippen molar-refractivity contribution in [1.82, 2.24) is 15.1 Å². The summed E-state index contributed by atoms with van der Waals surface area (Å²) in [5.74, 6) is 1.39. The molecule has 0 aromatic carbocycles. The summed E-state index contributed by atoms with van der Waals surface area (Å²) in [4.78, 5) is 0. The lowest BCUT2D eigenvalue weighted by Gasteiger charge is -2.28. The standard InChI is InChI=1S/C14H25N3O2/c1-5-15-12(14-10(3)7-8-19-14)13-11(18-4)9-16-17(13)6-2/h9-10,12,14-15H,5-8H2,1-4H3. The van der Waals surface area contributed by atoms with Gasteiger partial charge in [-0.1, -0.05) is 13.8 Å². The van der Waals surface area contributed by atoms with Crippen molar-refractivity contribution in [1.29, 1.82) is 0 Å². The zero-order valence-electron chi connectivity index (χ0n) is 12.3. The molecule has 108 valence electrons. The van der Waals surface area contributed by atoms with Crippen molar-refractivity contribution in [2.75, 3.05) is 20.3 Å². The molecule has 1 saturated heterocycles. The molecule has 2 rings (SSSR count). The molecule has 0 bridgehead atoms. The molecule has 0 aliphatic carbocycles. The van der Waals surface area contributed by atoms with Gasteiger partial charge in [-0.15, -0.1) is 0 Å². The van der Waals surface area contributed by atoms with E-state index in [1.165, 1.54) is 0 Å². The van der Waals surface area contributed by atoms with E-state index in [4.69, 9.17) is 9.47 Å². The Balaban J connectivity index is 2.34. The Hall–Kier alpha value is -1.07. The summed E-state index contributed by atoms with van der Waals surface area (Å²) in [5.41, 5.74) is 1.10. The van der Waals surface area contributed by atoms with E-state index in [-0.39, 0.29) is 12.1 Å². The van der Waals surface area contributed by atoms with Crippen LogP contribution in [0.15, 0.2) is 6.20 Å². The number of hydrogen-bond donors (Lipinski definition) is 1. The van der Waals surface area contributed by atoms with Gasteiger partial charge in [0.1, 0.15) is 0 Å². The van der Waals surface area contributed by atoms with Crippen LogP contribution in [0.4, 0.5) is 0 Å². The maximum absolute atomic E-state index is 5.94. The highest BCUT2D eigenvalue weighted by Gasteiger charge is 2.36. The van der Waals surface area contributed by atoms with Crippen molar-refractivity contribution >= 4 is 0 Å². The maximum atomic E-state index is 5.94. The van der Waals surface area contributed by atoms with Gasteiger partial charge in [0.05, 0.1) is 31.1 Å². The quantitative estimate of drug-likeness (QED) is 0.856. The number of ether oxygens (including phenoxy) is 2. The number of methoxy groups -OCH3 is 1. The van der Waals surface area contributed by atoms with Crippen LogP contribution >= 0.6 is 0 Å². The Morgan fingerprint density at radius 3 is 2.89 bits per heavy atom. The third-order valence-corrected chi connectivity index (χ3v) is 3.86.